The molecule has 0 spiro atoms. The number of fused-ring (bicyclic) bond motifs is 1. The second-order valence-corrected chi connectivity index (χ2v) is 3.82. The molecule has 1 atom stereocenters. The Morgan fingerprint density at radius 1 is 1.59 bits per heavy atom. The van der Waals surface area contributed by atoms with Crippen molar-refractivity contribution in [1.82, 2.24) is 5.43 Å². The number of nitrogens with zero attached hydrogens (tertiary/aromatic N) is 1. The Balaban J connectivity index is 2.02. The molecule has 0 aromatic heterocycles. The van der Waals surface area contributed by atoms with Crippen molar-refractivity contribution in [3.05, 3.63) is 29.8 Å². The van der Waals surface area contributed by atoms with Crippen molar-refractivity contribution < 1.29 is 9.47 Å². The van der Waals surface area contributed by atoms with Gasteiger partial charge < -0.3 is 14.9 Å². The summed E-state index contributed by atoms with van der Waals surface area (Å²) in [6.45, 7) is 1.15. The van der Waals surface area contributed by atoms with Gasteiger partial charge in [-0.15, -0.1) is 0 Å². The highest BCUT2D eigenvalue weighted by molar-refractivity contribution is 5.87. The van der Waals surface area contributed by atoms with Crippen LogP contribution in [-0.2, 0) is 11.2 Å². The summed E-state index contributed by atoms with van der Waals surface area (Å²) in [4.78, 5) is 4.33. The lowest BCUT2D eigenvalue weighted by molar-refractivity contribution is 0.207. The average Bonchev–Trinajstić information content (AvgIpc) is 2.78. The maximum Gasteiger partial charge on any atom is 0.161 e. The third-order valence-electron chi connectivity index (χ3n) is 2.68. The van der Waals surface area contributed by atoms with E-state index in [0.29, 0.717) is 19.0 Å². The Morgan fingerprint density at radius 2 is 2.41 bits per heavy atom. The molecule has 3 N–H and O–H groups in total. The van der Waals surface area contributed by atoms with Gasteiger partial charge in [-0.25, -0.2) is 5.84 Å². The Morgan fingerprint density at radius 3 is 3.12 bits per heavy atom. The summed E-state index contributed by atoms with van der Waals surface area (Å²) in [6, 6.07) is 7.97. The Kier molecular flexibility index (Phi) is 3.95. The van der Waals surface area contributed by atoms with Gasteiger partial charge in [0.05, 0.1) is 13.2 Å². The van der Waals surface area contributed by atoms with E-state index in [-0.39, 0.29) is 6.10 Å². The molecule has 17 heavy (non-hydrogen) atoms. The summed E-state index contributed by atoms with van der Waals surface area (Å²) < 4.78 is 10.7. The van der Waals surface area contributed by atoms with Gasteiger partial charge in [0.2, 0.25) is 0 Å². The van der Waals surface area contributed by atoms with Gasteiger partial charge in [0.1, 0.15) is 5.75 Å². The summed E-state index contributed by atoms with van der Waals surface area (Å²) in [5.74, 6) is 7.04. The number of aliphatic imine (C=N–C) groups is 1. The molecule has 1 heterocycles. The highest BCUT2D eigenvalue weighted by Gasteiger charge is 2.26. The largest absolute Gasteiger partial charge is 0.482 e. The van der Waals surface area contributed by atoms with Crippen molar-refractivity contribution in [2.75, 3.05) is 20.3 Å². The normalized spacial score (nSPS) is 18.7. The summed E-state index contributed by atoms with van der Waals surface area (Å²) >= 11 is 0. The van der Waals surface area contributed by atoms with Gasteiger partial charge in [-0.2, -0.15) is 0 Å². The first kappa shape index (κ1) is 11.9. The second-order valence-electron chi connectivity index (χ2n) is 3.82. The zero-order chi connectivity index (χ0) is 12.1. The third-order valence-corrected chi connectivity index (χ3v) is 2.68. The minimum Gasteiger partial charge on any atom is -0.482 e. The molecule has 5 nitrogen and oxygen atoms in total. The standard InChI is InChI=1S/C12H17N3O2/c1-16-7-6-14-12(15-13)11-8-9-4-2-3-5-10(9)17-11/h2-5,11H,6-8,13H2,1H3,(H,14,15). The van der Waals surface area contributed by atoms with Crippen LogP contribution in [0.1, 0.15) is 5.56 Å². The van der Waals surface area contributed by atoms with Crippen LogP contribution in [0.2, 0.25) is 0 Å². The van der Waals surface area contributed by atoms with Gasteiger partial charge in [0, 0.05) is 13.5 Å². The van der Waals surface area contributed by atoms with E-state index in [9.17, 15) is 0 Å². The van der Waals surface area contributed by atoms with Gasteiger partial charge in [0.25, 0.3) is 0 Å². The molecule has 0 aliphatic carbocycles. The van der Waals surface area contributed by atoms with Crippen molar-refractivity contribution >= 4 is 5.84 Å². The fourth-order valence-corrected chi connectivity index (χ4v) is 1.83. The first-order chi connectivity index (χ1) is 8.35. The first-order valence-electron chi connectivity index (χ1n) is 5.59. The van der Waals surface area contributed by atoms with Crippen molar-refractivity contribution in [2.45, 2.75) is 12.5 Å². The molecule has 1 unspecified atom stereocenters. The van der Waals surface area contributed by atoms with Crippen LogP contribution < -0.4 is 16.0 Å². The molecular formula is C12H17N3O2. The van der Waals surface area contributed by atoms with E-state index in [2.05, 4.69) is 16.5 Å². The van der Waals surface area contributed by atoms with Crippen LogP contribution >= 0.6 is 0 Å². The van der Waals surface area contributed by atoms with Crippen LogP contribution in [0.25, 0.3) is 0 Å². The van der Waals surface area contributed by atoms with E-state index >= 15 is 0 Å². The molecule has 1 aromatic rings. The Hall–Kier alpha value is -1.59. The number of hydrogen-bond acceptors (Lipinski definition) is 4. The highest BCUT2D eigenvalue weighted by Crippen LogP contribution is 2.28. The van der Waals surface area contributed by atoms with Crippen LogP contribution in [-0.4, -0.2) is 32.2 Å². The lowest BCUT2D eigenvalue weighted by Gasteiger charge is -2.13. The summed E-state index contributed by atoms with van der Waals surface area (Å²) in [5, 5.41) is 0. The molecule has 0 saturated heterocycles. The van der Waals surface area contributed by atoms with Gasteiger partial charge in [-0.05, 0) is 11.6 Å². The number of rotatable bonds is 4. The molecule has 0 amide bonds. The van der Waals surface area contributed by atoms with E-state index in [1.807, 2.05) is 18.2 Å². The van der Waals surface area contributed by atoms with Crippen molar-refractivity contribution in [3.63, 3.8) is 0 Å². The smallest absolute Gasteiger partial charge is 0.161 e. The molecule has 1 aromatic carbocycles. The van der Waals surface area contributed by atoms with Gasteiger partial charge in [0.15, 0.2) is 11.9 Å². The third kappa shape index (κ3) is 2.75. The van der Waals surface area contributed by atoms with E-state index in [1.165, 1.54) is 5.56 Å². The predicted octanol–water partition coefficient (Wildman–Crippen LogP) is 0.498. The number of amidine groups is 1. The van der Waals surface area contributed by atoms with Gasteiger partial charge in [-0.3, -0.25) is 4.99 Å². The summed E-state index contributed by atoms with van der Waals surface area (Å²) in [6.07, 6.45) is 0.681. The number of hydrazine groups is 1. The number of hydrogen-bond donors (Lipinski definition) is 2. The topological polar surface area (TPSA) is 68.9 Å². The molecule has 92 valence electrons. The highest BCUT2D eigenvalue weighted by atomic mass is 16.5. The second kappa shape index (κ2) is 5.65. The van der Waals surface area contributed by atoms with E-state index in [4.69, 9.17) is 15.3 Å². The monoisotopic (exact) mass is 235 g/mol. The maximum absolute atomic E-state index is 5.78. The van der Waals surface area contributed by atoms with E-state index in [1.54, 1.807) is 7.11 Å². The van der Waals surface area contributed by atoms with Crippen LogP contribution in [0.15, 0.2) is 29.3 Å². The molecule has 0 fully saturated rings. The number of ether oxygens (including phenoxy) is 2. The SMILES string of the molecule is COCCN=C(NN)C1Cc2ccccc2O1. The maximum atomic E-state index is 5.78. The molecule has 5 heteroatoms. The minimum atomic E-state index is -0.116. The summed E-state index contributed by atoms with van der Waals surface area (Å²) in [7, 11) is 1.65. The molecule has 2 rings (SSSR count). The van der Waals surface area contributed by atoms with Gasteiger partial charge >= 0.3 is 0 Å². The lowest BCUT2D eigenvalue weighted by Crippen LogP contribution is -2.42. The van der Waals surface area contributed by atoms with Crippen LogP contribution in [0.3, 0.4) is 0 Å². The molecule has 0 saturated carbocycles. The van der Waals surface area contributed by atoms with E-state index in [0.717, 1.165) is 12.2 Å². The minimum absolute atomic E-state index is 0.116. The molecular weight excluding hydrogens is 218 g/mol. The predicted molar refractivity (Wildman–Crippen MR) is 66.1 cm³/mol. The zero-order valence-corrected chi connectivity index (χ0v) is 9.85. The first-order valence-corrected chi connectivity index (χ1v) is 5.59. The van der Waals surface area contributed by atoms with Gasteiger partial charge in [-0.1, -0.05) is 18.2 Å². The number of methoxy groups -OCH3 is 1. The molecule has 1 aliphatic rings. The number of para-hydroxylation sites is 1. The molecule has 0 bridgehead atoms. The fraction of sp³-hybridized carbons (Fsp3) is 0.417. The van der Waals surface area contributed by atoms with Crippen LogP contribution in [0.4, 0.5) is 0 Å². The summed E-state index contributed by atoms with van der Waals surface area (Å²) in [5.41, 5.74) is 3.79. The molecule has 1 aliphatic heterocycles. The van der Waals surface area contributed by atoms with Crippen LogP contribution in [0.5, 0.6) is 5.75 Å². The van der Waals surface area contributed by atoms with Crippen molar-refractivity contribution in [1.29, 1.82) is 0 Å². The quantitative estimate of drug-likeness (QED) is 0.262. The Labute approximate surface area is 101 Å². The van der Waals surface area contributed by atoms with Crippen LogP contribution in [0, 0.1) is 0 Å². The number of nitrogens with two attached hydrogens (primary N) is 1. The average molecular weight is 235 g/mol. The lowest BCUT2D eigenvalue weighted by atomic mass is 10.1. The molecule has 0 radical (unpaired) electrons. The number of benzene rings is 1. The van der Waals surface area contributed by atoms with Crippen molar-refractivity contribution in [2.24, 2.45) is 10.8 Å². The zero-order valence-electron chi connectivity index (χ0n) is 9.85. The number of nitrogens with one attached hydrogen (secondary N) is 1. The van der Waals surface area contributed by atoms with Crippen molar-refractivity contribution in [3.8, 4) is 5.75 Å². The Bertz CT molecular complexity index is 381. The van der Waals surface area contributed by atoms with E-state index < -0.39 is 0 Å². The fourth-order valence-electron chi connectivity index (χ4n) is 1.83.